The van der Waals surface area contributed by atoms with E-state index in [4.69, 9.17) is 0 Å². The summed E-state index contributed by atoms with van der Waals surface area (Å²) in [6.07, 6.45) is 1.14. The maximum atomic E-state index is 12.1. The van der Waals surface area contributed by atoms with Gasteiger partial charge in [0.15, 0.2) is 0 Å². The summed E-state index contributed by atoms with van der Waals surface area (Å²) in [7, 11) is 0. The number of nitrogens with zero attached hydrogens (tertiary/aromatic N) is 2. The monoisotopic (exact) mass is 282 g/mol. The van der Waals surface area contributed by atoms with Crippen molar-refractivity contribution in [1.82, 2.24) is 9.80 Å². The Hall–Kier alpha value is -1.06. The Morgan fingerprint density at radius 3 is 1.15 bits per heavy atom. The van der Waals surface area contributed by atoms with Crippen molar-refractivity contribution in [3.05, 3.63) is 0 Å². The molecule has 0 bridgehead atoms. The third-order valence-corrected chi connectivity index (χ3v) is 3.35. The number of rotatable bonds is 2. The summed E-state index contributed by atoms with van der Waals surface area (Å²) in [5.74, 6) is 0.417. The van der Waals surface area contributed by atoms with Crippen molar-refractivity contribution in [3.63, 3.8) is 0 Å². The molecular weight excluding hydrogens is 252 g/mol. The van der Waals surface area contributed by atoms with E-state index >= 15 is 0 Å². The van der Waals surface area contributed by atoms with Gasteiger partial charge in [0, 0.05) is 39.0 Å². The largest absolute Gasteiger partial charge is 0.339 e. The first-order chi connectivity index (χ1) is 8.98. The van der Waals surface area contributed by atoms with E-state index in [-0.39, 0.29) is 22.6 Å². The molecule has 4 nitrogen and oxygen atoms in total. The molecule has 0 unspecified atom stereocenters. The van der Waals surface area contributed by atoms with Crippen LogP contribution in [0.1, 0.15) is 54.4 Å². The van der Waals surface area contributed by atoms with Crippen molar-refractivity contribution in [2.24, 2.45) is 10.8 Å². The second kappa shape index (κ2) is 6.15. The van der Waals surface area contributed by atoms with Crippen LogP contribution >= 0.6 is 0 Å². The van der Waals surface area contributed by atoms with Crippen LogP contribution in [0.15, 0.2) is 0 Å². The molecule has 1 heterocycles. The summed E-state index contributed by atoms with van der Waals surface area (Å²) in [6, 6.07) is 0. The van der Waals surface area contributed by atoms with E-state index in [1.165, 1.54) is 0 Å². The molecule has 1 aliphatic rings. The second-order valence-corrected chi connectivity index (χ2v) is 8.24. The first-order valence-corrected chi connectivity index (χ1v) is 7.53. The predicted molar refractivity (Wildman–Crippen MR) is 81.3 cm³/mol. The van der Waals surface area contributed by atoms with E-state index < -0.39 is 0 Å². The topological polar surface area (TPSA) is 40.6 Å². The molecular formula is C16H30N2O2. The lowest BCUT2D eigenvalue weighted by molar-refractivity contribution is -0.141. The molecule has 0 saturated carbocycles. The standard InChI is InChI=1S/C16H30N2O2/c1-15(2,3)11-13(19)17-7-9-18(10-8-17)14(20)12-16(4,5)6/h7-12H2,1-6H3. The minimum Gasteiger partial charge on any atom is -0.339 e. The Kier molecular flexibility index (Phi) is 5.22. The van der Waals surface area contributed by atoms with Crippen molar-refractivity contribution in [2.45, 2.75) is 54.4 Å². The number of carbonyl (C=O) groups is 2. The van der Waals surface area contributed by atoms with Crippen molar-refractivity contribution < 1.29 is 9.59 Å². The molecule has 4 heteroatoms. The molecule has 0 radical (unpaired) electrons. The van der Waals surface area contributed by atoms with Crippen LogP contribution in [0.3, 0.4) is 0 Å². The normalized spacial score (nSPS) is 17.3. The van der Waals surface area contributed by atoms with E-state index in [2.05, 4.69) is 41.5 Å². The smallest absolute Gasteiger partial charge is 0.223 e. The lowest BCUT2D eigenvalue weighted by atomic mass is 9.91. The van der Waals surface area contributed by atoms with Gasteiger partial charge in [0.25, 0.3) is 0 Å². The molecule has 116 valence electrons. The van der Waals surface area contributed by atoms with Gasteiger partial charge in [-0.25, -0.2) is 0 Å². The van der Waals surface area contributed by atoms with Crippen molar-refractivity contribution in [3.8, 4) is 0 Å². The fourth-order valence-corrected chi connectivity index (χ4v) is 2.34. The molecule has 0 N–H and O–H groups in total. The van der Waals surface area contributed by atoms with Crippen LogP contribution in [0.5, 0.6) is 0 Å². The van der Waals surface area contributed by atoms with Gasteiger partial charge in [-0.1, -0.05) is 41.5 Å². The van der Waals surface area contributed by atoms with Gasteiger partial charge in [-0.3, -0.25) is 9.59 Å². The predicted octanol–water partition coefficient (Wildman–Crippen LogP) is 2.53. The third-order valence-electron chi connectivity index (χ3n) is 3.35. The fourth-order valence-electron chi connectivity index (χ4n) is 2.34. The quantitative estimate of drug-likeness (QED) is 0.781. The lowest BCUT2D eigenvalue weighted by Crippen LogP contribution is -2.51. The molecule has 1 saturated heterocycles. The van der Waals surface area contributed by atoms with Crippen molar-refractivity contribution in [1.29, 1.82) is 0 Å². The van der Waals surface area contributed by atoms with Crippen LogP contribution in [0, 0.1) is 10.8 Å². The summed E-state index contributed by atoms with van der Waals surface area (Å²) in [5, 5.41) is 0. The number of hydrogen-bond donors (Lipinski definition) is 0. The molecule has 1 rings (SSSR count). The maximum Gasteiger partial charge on any atom is 0.223 e. The molecule has 0 aromatic carbocycles. The average molecular weight is 282 g/mol. The highest BCUT2D eigenvalue weighted by Gasteiger charge is 2.28. The molecule has 1 aliphatic heterocycles. The summed E-state index contributed by atoms with van der Waals surface area (Å²) < 4.78 is 0. The van der Waals surface area contributed by atoms with Crippen molar-refractivity contribution in [2.75, 3.05) is 26.2 Å². The molecule has 0 spiro atoms. The van der Waals surface area contributed by atoms with Crippen molar-refractivity contribution >= 4 is 11.8 Å². The molecule has 2 amide bonds. The summed E-state index contributed by atoms with van der Waals surface area (Å²) in [4.78, 5) is 28.1. The van der Waals surface area contributed by atoms with Gasteiger partial charge in [0.2, 0.25) is 11.8 Å². The van der Waals surface area contributed by atoms with E-state index in [1.807, 2.05) is 9.80 Å². The Bertz CT molecular complexity index is 320. The highest BCUT2D eigenvalue weighted by atomic mass is 16.2. The van der Waals surface area contributed by atoms with Crippen LogP contribution in [-0.4, -0.2) is 47.8 Å². The first kappa shape index (κ1) is 17.0. The Balaban J connectivity index is 2.44. The van der Waals surface area contributed by atoms with Crippen LogP contribution in [0.4, 0.5) is 0 Å². The molecule has 20 heavy (non-hydrogen) atoms. The van der Waals surface area contributed by atoms with Gasteiger partial charge in [0.05, 0.1) is 0 Å². The van der Waals surface area contributed by atoms with Gasteiger partial charge in [-0.2, -0.15) is 0 Å². The zero-order chi connectivity index (χ0) is 15.6. The minimum absolute atomic E-state index is 0.0241. The maximum absolute atomic E-state index is 12.1. The first-order valence-electron chi connectivity index (χ1n) is 7.53. The van der Waals surface area contributed by atoms with E-state index in [1.54, 1.807) is 0 Å². The number of piperazine rings is 1. The molecule has 1 fully saturated rings. The van der Waals surface area contributed by atoms with Crippen LogP contribution in [-0.2, 0) is 9.59 Å². The van der Waals surface area contributed by atoms with Gasteiger partial charge >= 0.3 is 0 Å². The number of hydrogen-bond acceptors (Lipinski definition) is 2. The zero-order valence-corrected chi connectivity index (χ0v) is 14.0. The molecule has 0 aromatic rings. The number of amides is 2. The lowest BCUT2D eigenvalue weighted by Gasteiger charge is -2.37. The molecule has 0 aliphatic carbocycles. The van der Waals surface area contributed by atoms with Crippen LogP contribution in [0.25, 0.3) is 0 Å². The average Bonchev–Trinajstić information content (AvgIpc) is 2.24. The Morgan fingerprint density at radius 2 is 0.950 bits per heavy atom. The fraction of sp³-hybridized carbons (Fsp3) is 0.875. The Labute approximate surface area is 123 Å². The zero-order valence-electron chi connectivity index (χ0n) is 14.0. The SMILES string of the molecule is CC(C)(C)CC(=O)N1CCN(C(=O)CC(C)(C)C)CC1. The summed E-state index contributed by atoms with van der Waals surface area (Å²) in [5.41, 5.74) is 0.0482. The van der Waals surface area contributed by atoms with Crippen LogP contribution in [0.2, 0.25) is 0 Å². The van der Waals surface area contributed by atoms with E-state index in [0.29, 0.717) is 39.0 Å². The van der Waals surface area contributed by atoms with E-state index in [9.17, 15) is 9.59 Å². The second-order valence-electron chi connectivity index (χ2n) is 8.24. The molecule has 0 atom stereocenters. The summed E-state index contributed by atoms with van der Waals surface area (Å²) >= 11 is 0. The number of carbonyl (C=O) groups excluding carboxylic acids is 2. The van der Waals surface area contributed by atoms with Crippen LogP contribution < -0.4 is 0 Å². The van der Waals surface area contributed by atoms with Gasteiger partial charge in [0.1, 0.15) is 0 Å². The Morgan fingerprint density at radius 1 is 0.700 bits per heavy atom. The third kappa shape index (κ3) is 5.93. The van der Waals surface area contributed by atoms with E-state index in [0.717, 1.165) is 0 Å². The minimum atomic E-state index is 0.0241. The van der Waals surface area contributed by atoms with Gasteiger partial charge in [-0.15, -0.1) is 0 Å². The van der Waals surface area contributed by atoms with Gasteiger partial charge < -0.3 is 9.80 Å². The summed E-state index contributed by atoms with van der Waals surface area (Å²) in [6.45, 7) is 15.2. The highest BCUT2D eigenvalue weighted by Crippen LogP contribution is 2.22. The molecule has 0 aromatic heterocycles. The highest BCUT2D eigenvalue weighted by molar-refractivity contribution is 5.79. The van der Waals surface area contributed by atoms with Gasteiger partial charge in [-0.05, 0) is 10.8 Å².